The molecule has 0 spiro atoms. The van der Waals surface area contributed by atoms with Crippen LogP contribution in [0.2, 0.25) is 0 Å². The van der Waals surface area contributed by atoms with Gasteiger partial charge in [-0.2, -0.15) is 5.26 Å². The van der Waals surface area contributed by atoms with Gasteiger partial charge in [0.1, 0.15) is 28.4 Å². The van der Waals surface area contributed by atoms with Crippen LogP contribution in [0.4, 0.5) is 4.39 Å². The molecule has 2 aromatic heterocycles. The average molecular weight is 372 g/mol. The Morgan fingerprint density at radius 3 is 2.59 bits per heavy atom. The number of hydrogen-bond donors (Lipinski definition) is 0. The Bertz CT molecular complexity index is 1150. The van der Waals surface area contributed by atoms with Crippen molar-refractivity contribution in [1.29, 1.82) is 5.26 Å². The van der Waals surface area contributed by atoms with E-state index in [0.717, 1.165) is 11.3 Å². The lowest BCUT2D eigenvalue weighted by molar-refractivity contribution is 0.561. The van der Waals surface area contributed by atoms with Crippen LogP contribution in [0.1, 0.15) is 10.8 Å². The number of furan rings is 1. The van der Waals surface area contributed by atoms with Crippen molar-refractivity contribution in [2.45, 2.75) is 0 Å². The van der Waals surface area contributed by atoms with E-state index < -0.39 is 0 Å². The Kier molecular flexibility index (Phi) is 4.65. The molecule has 0 saturated carbocycles. The molecule has 0 aliphatic heterocycles. The molecule has 3 nitrogen and oxygen atoms in total. The molecule has 0 amide bonds. The van der Waals surface area contributed by atoms with Crippen molar-refractivity contribution >= 4 is 23.0 Å². The standard InChI is InChI=1S/C22H13FN2OS/c23-19-9-5-4-8-18(19)21-11-10-17(26-21)12-16(13-24)22-25-20(14-27-22)15-6-2-1-3-7-15/h1-12,14H. The Labute approximate surface area is 159 Å². The van der Waals surface area contributed by atoms with E-state index in [1.807, 2.05) is 35.7 Å². The molecule has 2 aromatic carbocycles. The largest absolute Gasteiger partial charge is 0.457 e. The topological polar surface area (TPSA) is 49.8 Å². The number of thiazole rings is 1. The third-order valence-electron chi connectivity index (χ3n) is 3.98. The van der Waals surface area contributed by atoms with Crippen LogP contribution in [0.15, 0.2) is 76.5 Å². The summed E-state index contributed by atoms with van der Waals surface area (Å²) in [7, 11) is 0. The first-order chi connectivity index (χ1) is 13.2. The Morgan fingerprint density at radius 2 is 1.81 bits per heavy atom. The summed E-state index contributed by atoms with van der Waals surface area (Å²) >= 11 is 1.40. The van der Waals surface area contributed by atoms with Crippen molar-refractivity contribution in [3.05, 3.63) is 88.7 Å². The summed E-state index contributed by atoms with van der Waals surface area (Å²) in [4.78, 5) is 4.55. The van der Waals surface area contributed by atoms with Gasteiger partial charge in [-0.3, -0.25) is 0 Å². The summed E-state index contributed by atoms with van der Waals surface area (Å²) in [6.45, 7) is 0. The van der Waals surface area contributed by atoms with Crippen LogP contribution in [-0.2, 0) is 0 Å². The number of nitriles is 1. The number of halogens is 1. The molecular weight excluding hydrogens is 359 g/mol. The van der Waals surface area contributed by atoms with Gasteiger partial charge < -0.3 is 4.42 Å². The molecule has 130 valence electrons. The molecule has 0 aliphatic carbocycles. The van der Waals surface area contributed by atoms with Gasteiger partial charge in [-0.25, -0.2) is 9.37 Å². The fourth-order valence-electron chi connectivity index (χ4n) is 2.66. The molecule has 0 bridgehead atoms. The Morgan fingerprint density at radius 1 is 1.04 bits per heavy atom. The lowest BCUT2D eigenvalue weighted by Crippen LogP contribution is -1.82. The maximum absolute atomic E-state index is 13.9. The van der Waals surface area contributed by atoms with Crippen LogP contribution < -0.4 is 0 Å². The number of hydrogen-bond acceptors (Lipinski definition) is 4. The van der Waals surface area contributed by atoms with E-state index in [4.69, 9.17) is 4.42 Å². The SMILES string of the molecule is N#CC(=Cc1ccc(-c2ccccc2F)o1)c1nc(-c2ccccc2)cs1. The zero-order valence-electron chi connectivity index (χ0n) is 14.1. The summed E-state index contributed by atoms with van der Waals surface area (Å²) in [5.41, 5.74) is 2.60. The fourth-order valence-corrected chi connectivity index (χ4v) is 3.45. The first kappa shape index (κ1) is 17.0. The van der Waals surface area contributed by atoms with Gasteiger partial charge in [0.05, 0.1) is 16.8 Å². The Balaban J connectivity index is 1.64. The monoisotopic (exact) mass is 372 g/mol. The predicted molar refractivity (Wildman–Crippen MR) is 105 cm³/mol. The molecule has 2 heterocycles. The highest BCUT2D eigenvalue weighted by Crippen LogP contribution is 2.29. The maximum Gasteiger partial charge on any atom is 0.137 e. The number of rotatable bonds is 4. The predicted octanol–water partition coefficient (Wildman–Crippen LogP) is 6.27. The van der Waals surface area contributed by atoms with Gasteiger partial charge in [-0.05, 0) is 24.3 Å². The maximum atomic E-state index is 13.9. The van der Waals surface area contributed by atoms with Gasteiger partial charge in [0.25, 0.3) is 0 Å². The minimum absolute atomic E-state index is 0.352. The minimum atomic E-state index is -0.352. The fraction of sp³-hybridized carbons (Fsp3) is 0. The van der Waals surface area contributed by atoms with Crippen molar-refractivity contribution in [1.82, 2.24) is 4.98 Å². The zero-order valence-corrected chi connectivity index (χ0v) is 14.9. The molecular formula is C22H13FN2OS. The molecule has 0 N–H and O–H groups in total. The van der Waals surface area contributed by atoms with Gasteiger partial charge in [0, 0.05) is 17.0 Å². The number of aromatic nitrogens is 1. The van der Waals surface area contributed by atoms with E-state index in [0.29, 0.717) is 27.7 Å². The van der Waals surface area contributed by atoms with Crippen LogP contribution in [0.3, 0.4) is 0 Å². The molecule has 0 saturated heterocycles. The van der Waals surface area contributed by atoms with E-state index in [9.17, 15) is 9.65 Å². The Hall–Kier alpha value is -3.49. The van der Waals surface area contributed by atoms with Crippen molar-refractivity contribution in [2.24, 2.45) is 0 Å². The van der Waals surface area contributed by atoms with Gasteiger partial charge in [0.2, 0.25) is 0 Å². The van der Waals surface area contributed by atoms with Crippen molar-refractivity contribution in [3.63, 3.8) is 0 Å². The van der Waals surface area contributed by atoms with Crippen LogP contribution in [0.5, 0.6) is 0 Å². The molecule has 27 heavy (non-hydrogen) atoms. The minimum Gasteiger partial charge on any atom is -0.457 e. The molecule has 5 heteroatoms. The van der Waals surface area contributed by atoms with Crippen molar-refractivity contribution in [2.75, 3.05) is 0 Å². The molecule has 0 atom stereocenters. The first-order valence-corrected chi connectivity index (χ1v) is 9.10. The van der Waals surface area contributed by atoms with Crippen LogP contribution in [0.25, 0.3) is 34.2 Å². The molecule has 0 aliphatic rings. The normalized spacial score (nSPS) is 11.3. The number of benzene rings is 2. The van der Waals surface area contributed by atoms with E-state index in [1.165, 1.54) is 17.4 Å². The average Bonchev–Trinajstić information content (AvgIpc) is 3.37. The highest BCUT2D eigenvalue weighted by atomic mass is 32.1. The lowest BCUT2D eigenvalue weighted by Gasteiger charge is -1.98. The second kappa shape index (κ2) is 7.40. The molecule has 0 fully saturated rings. The van der Waals surface area contributed by atoms with Crippen LogP contribution in [-0.4, -0.2) is 4.98 Å². The van der Waals surface area contributed by atoms with Crippen molar-refractivity contribution < 1.29 is 8.81 Å². The summed E-state index contributed by atoms with van der Waals surface area (Å²) in [5.74, 6) is 0.539. The van der Waals surface area contributed by atoms with Gasteiger partial charge in [-0.15, -0.1) is 11.3 Å². The third-order valence-corrected chi connectivity index (χ3v) is 4.85. The molecule has 4 rings (SSSR count). The lowest BCUT2D eigenvalue weighted by atomic mass is 10.1. The summed E-state index contributed by atoms with van der Waals surface area (Å²) in [5, 5.41) is 12.1. The summed E-state index contributed by atoms with van der Waals surface area (Å²) in [6.07, 6.45) is 1.62. The van der Waals surface area contributed by atoms with Gasteiger partial charge >= 0.3 is 0 Å². The molecule has 0 unspecified atom stereocenters. The quantitative estimate of drug-likeness (QED) is 0.397. The number of allylic oxidation sites excluding steroid dienone is 1. The van der Waals surface area contributed by atoms with Crippen LogP contribution in [0, 0.1) is 17.1 Å². The highest BCUT2D eigenvalue weighted by Gasteiger charge is 2.12. The molecule has 0 radical (unpaired) electrons. The van der Waals surface area contributed by atoms with E-state index in [-0.39, 0.29) is 5.82 Å². The second-order valence-corrected chi connectivity index (χ2v) is 6.61. The number of nitrogens with zero attached hydrogens (tertiary/aromatic N) is 2. The van der Waals surface area contributed by atoms with Gasteiger partial charge in [-0.1, -0.05) is 42.5 Å². The zero-order chi connectivity index (χ0) is 18.6. The van der Waals surface area contributed by atoms with E-state index in [1.54, 1.807) is 36.4 Å². The smallest absolute Gasteiger partial charge is 0.137 e. The summed E-state index contributed by atoms with van der Waals surface area (Å²) < 4.78 is 19.6. The molecule has 4 aromatic rings. The highest BCUT2D eigenvalue weighted by molar-refractivity contribution is 7.11. The van der Waals surface area contributed by atoms with Crippen molar-refractivity contribution in [3.8, 4) is 28.7 Å². The van der Waals surface area contributed by atoms with Gasteiger partial charge in [0.15, 0.2) is 0 Å². The summed E-state index contributed by atoms with van der Waals surface area (Å²) in [6, 6.07) is 21.8. The second-order valence-electron chi connectivity index (χ2n) is 5.76. The van der Waals surface area contributed by atoms with E-state index >= 15 is 0 Å². The van der Waals surface area contributed by atoms with Crippen LogP contribution >= 0.6 is 11.3 Å². The van der Waals surface area contributed by atoms with E-state index in [2.05, 4.69) is 11.1 Å². The first-order valence-electron chi connectivity index (χ1n) is 8.22. The third kappa shape index (κ3) is 3.57.